The zero-order chi connectivity index (χ0) is 21.5. The van der Waals surface area contributed by atoms with Gasteiger partial charge < -0.3 is 10.1 Å². The van der Waals surface area contributed by atoms with Crippen LogP contribution in [0.3, 0.4) is 0 Å². The summed E-state index contributed by atoms with van der Waals surface area (Å²) in [5.41, 5.74) is 3.49. The number of hydrogen-bond acceptors (Lipinski definition) is 3. The summed E-state index contributed by atoms with van der Waals surface area (Å²) >= 11 is 5.61. The Morgan fingerprint density at radius 1 is 1.17 bits per heavy atom. The van der Waals surface area contributed by atoms with E-state index in [0.717, 1.165) is 30.5 Å². The molecule has 3 rings (SSSR count). The van der Waals surface area contributed by atoms with Crippen molar-refractivity contribution in [2.24, 2.45) is 0 Å². The monoisotopic (exact) mass is 572 g/mol. The number of nitrogens with one attached hydrogen (secondary N) is 1. The van der Waals surface area contributed by atoms with E-state index >= 15 is 0 Å². The fraction of sp³-hybridized carbons (Fsp3) is 0.0833. The summed E-state index contributed by atoms with van der Waals surface area (Å²) in [6.45, 7) is 2.36. The Labute approximate surface area is 197 Å². The van der Waals surface area contributed by atoms with E-state index in [-0.39, 0.29) is 5.57 Å². The Hall–Kier alpha value is -2.63. The first-order valence-corrected chi connectivity index (χ1v) is 11.0. The average Bonchev–Trinajstić information content (AvgIpc) is 2.74. The van der Waals surface area contributed by atoms with Gasteiger partial charge in [0.1, 0.15) is 24.0 Å². The van der Waals surface area contributed by atoms with Gasteiger partial charge in [0.2, 0.25) is 0 Å². The number of rotatable bonds is 6. The summed E-state index contributed by atoms with van der Waals surface area (Å²) in [5.74, 6) is 0.316. The van der Waals surface area contributed by atoms with Gasteiger partial charge in [0, 0.05) is 10.2 Å². The van der Waals surface area contributed by atoms with Crippen molar-refractivity contribution in [3.63, 3.8) is 0 Å². The van der Waals surface area contributed by atoms with Crippen molar-refractivity contribution in [3.05, 3.63) is 97.0 Å². The van der Waals surface area contributed by atoms with Gasteiger partial charge in [-0.15, -0.1) is 0 Å². The van der Waals surface area contributed by atoms with Crippen molar-refractivity contribution in [2.45, 2.75) is 13.5 Å². The molecule has 0 fully saturated rings. The SMILES string of the molecule is Cc1ccccc1NC(=O)/C(C#N)=C\c1ccc(OCc2ccc(Br)cc2)c(I)c1. The van der Waals surface area contributed by atoms with Crippen LogP contribution in [0.15, 0.2) is 76.8 Å². The molecule has 0 spiro atoms. The zero-order valence-corrected chi connectivity index (χ0v) is 19.9. The number of nitriles is 1. The molecule has 0 heterocycles. The van der Waals surface area contributed by atoms with E-state index in [1.807, 2.05) is 79.7 Å². The van der Waals surface area contributed by atoms with E-state index in [2.05, 4.69) is 43.8 Å². The highest BCUT2D eigenvalue weighted by Gasteiger charge is 2.11. The molecule has 0 saturated carbocycles. The number of aryl methyl sites for hydroxylation is 1. The molecule has 3 aromatic carbocycles. The lowest BCUT2D eigenvalue weighted by Crippen LogP contribution is -2.14. The molecule has 0 aromatic heterocycles. The molecule has 3 aromatic rings. The van der Waals surface area contributed by atoms with E-state index in [4.69, 9.17) is 4.74 Å². The quantitative estimate of drug-likeness (QED) is 0.209. The number of para-hydroxylation sites is 1. The Bertz CT molecular complexity index is 1130. The summed E-state index contributed by atoms with van der Waals surface area (Å²) in [6, 6.07) is 23.0. The van der Waals surface area contributed by atoms with Crippen LogP contribution in [0.2, 0.25) is 0 Å². The van der Waals surface area contributed by atoms with Gasteiger partial charge in [0.25, 0.3) is 5.91 Å². The van der Waals surface area contributed by atoms with Crippen LogP contribution in [0, 0.1) is 21.8 Å². The second-order valence-corrected chi connectivity index (χ2v) is 8.62. The Morgan fingerprint density at radius 2 is 1.90 bits per heavy atom. The molecule has 0 aliphatic rings. The number of carbonyl (C=O) groups is 1. The van der Waals surface area contributed by atoms with Crippen LogP contribution < -0.4 is 10.1 Å². The van der Waals surface area contributed by atoms with Crippen LogP contribution in [-0.2, 0) is 11.4 Å². The summed E-state index contributed by atoms with van der Waals surface area (Å²) in [4.78, 5) is 12.5. The van der Waals surface area contributed by atoms with E-state index in [1.165, 1.54) is 0 Å². The number of ether oxygens (including phenoxy) is 1. The van der Waals surface area contributed by atoms with Gasteiger partial charge >= 0.3 is 0 Å². The average molecular weight is 573 g/mol. The molecular formula is C24H18BrIN2O2. The molecule has 0 bridgehead atoms. The molecule has 1 N–H and O–H groups in total. The van der Waals surface area contributed by atoms with Crippen molar-refractivity contribution in [1.82, 2.24) is 0 Å². The van der Waals surface area contributed by atoms with Gasteiger partial charge in [-0.3, -0.25) is 4.79 Å². The van der Waals surface area contributed by atoms with Crippen LogP contribution in [0.5, 0.6) is 5.75 Å². The molecule has 30 heavy (non-hydrogen) atoms. The first-order valence-electron chi connectivity index (χ1n) is 9.12. The normalized spacial score (nSPS) is 10.9. The number of carbonyl (C=O) groups excluding carboxylic acids is 1. The van der Waals surface area contributed by atoms with Crippen LogP contribution in [0.1, 0.15) is 16.7 Å². The Morgan fingerprint density at radius 3 is 2.57 bits per heavy atom. The molecule has 4 nitrogen and oxygen atoms in total. The second kappa shape index (κ2) is 10.4. The van der Waals surface area contributed by atoms with Gasteiger partial charge in [0.15, 0.2) is 0 Å². The first-order chi connectivity index (χ1) is 14.5. The number of nitrogens with zero attached hydrogens (tertiary/aromatic N) is 1. The summed E-state index contributed by atoms with van der Waals surface area (Å²) in [6.07, 6.45) is 1.58. The van der Waals surface area contributed by atoms with Crippen molar-refractivity contribution in [3.8, 4) is 11.8 Å². The summed E-state index contributed by atoms with van der Waals surface area (Å²) in [5, 5.41) is 12.2. The second-order valence-electron chi connectivity index (χ2n) is 6.54. The third-order valence-corrected chi connectivity index (χ3v) is 5.70. The van der Waals surface area contributed by atoms with Gasteiger partial charge in [-0.05, 0) is 82.6 Å². The lowest BCUT2D eigenvalue weighted by molar-refractivity contribution is -0.112. The smallest absolute Gasteiger partial charge is 0.266 e. The zero-order valence-electron chi connectivity index (χ0n) is 16.2. The number of anilines is 1. The van der Waals surface area contributed by atoms with Crippen molar-refractivity contribution < 1.29 is 9.53 Å². The minimum atomic E-state index is -0.433. The third-order valence-electron chi connectivity index (χ3n) is 4.33. The molecule has 0 atom stereocenters. The number of benzene rings is 3. The lowest BCUT2D eigenvalue weighted by atomic mass is 10.1. The molecule has 0 saturated heterocycles. The molecule has 150 valence electrons. The van der Waals surface area contributed by atoms with E-state index in [9.17, 15) is 10.1 Å². The minimum absolute atomic E-state index is 0.0394. The Kier molecular flexibility index (Phi) is 7.66. The predicted octanol–water partition coefficient (Wildman–Crippen LogP) is 6.49. The maximum absolute atomic E-state index is 12.5. The minimum Gasteiger partial charge on any atom is -0.488 e. The molecule has 0 aliphatic heterocycles. The van der Waals surface area contributed by atoms with Gasteiger partial charge in [-0.25, -0.2) is 0 Å². The number of hydrogen-bond donors (Lipinski definition) is 1. The van der Waals surface area contributed by atoms with E-state index in [1.54, 1.807) is 6.08 Å². The van der Waals surface area contributed by atoms with Gasteiger partial charge in [-0.1, -0.05) is 52.3 Å². The van der Waals surface area contributed by atoms with Crippen molar-refractivity contribution in [2.75, 3.05) is 5.32 Å². The summed E-state index contributed by atoms with van der Waals surface area (Å²) < 4.78 is 7.82. The maximum Gasteiger partial charge on any atom is 0.266 e. The molecule has 0 radical (unpaired) electrons. The topological polar surface area (TPSA) is 62.1 Å². The number of halogens is 2. The molecule has 6 heteroatoms. The highest BCUT2D eigenvalue weighted by atomic mass is 127. The lowest BCUT2D eigenvalue weighted by Gasteiger charge is -2.10. The highest BCUT2D eigenvalue weighted by Crippen LogP contribution is 2.25. The van der Waals surface area contributed by atoms with E-state index < -0.39 is 5.91 Å². The van der Waals surface area contributed by atoms with Crippen molar-refractivity contribution >= 4 is 56.2 Å². The molecule has 0 aliphatic carbocycles. The van der Waals surface area contributed by atoms with Crippen LogP contribution in [-0.4, -0.2) is 5.91 Å². The Balaban J connectivity index is 1.71. The molecular weight excluding hydrogens is 555 g/mol. The van der Waals surface area contributed by atoms with E-state index in [0.29, 0.717) is 12.3 Å². The maximum atomic E-state index is 12.5. The fourth-order valence-corrected chi connectivity index (χ4v) is 3.64. The van der Waals surface area contributed by atoms with Crippen LogP contribution >= 0.6 is 38.5 Å². The fourth-order valence-electron chi connectivity index (χ4n) is 2.68. The molecule has 1 amide bonds. The van der Waals surface area contributed by atoms with Crippen molar-refractivity contribution in [1.29, 1.82) is 5.26 Å². The molecule has 0 unspecified atom stereocenters. The predicted molar refractivity (Wildman–Crippen MR) is 131 cm³/mol. The summed E-state index contributed by atoms with van der Waals surface area (Å²) in [7, 11) is 0. The number of amides is 1. The highest BCUT2D eigenvalue weighted by molar-refractivity contribution is 14.1. The van der Waals surface area contributed by atoms with Crippen LogP contribution in [0.4, 0.5) is 5.69 Å². The third kappa shape index (κ3) is 5.94. The van der Waals surface area contributed by atoms with Crippen LogP contribution in [0.25, 0.3) is 6.08 Å². The first kappa shape index (κ1) is 22.1. The standard InChI is InChI=1S/C24H18BrIN2O2/c1-16-4-2-3-5-22(16)28-24(29)19(14-27)12-18-8-11-23(21(26)13-18)30-15-17-6-9-20(25)10-7-17/h2-13H,15H2,1H3,(H,28,29)/b19-12-. The van der Waals surface area contributed by atoms with Gasteiger partial charge in [-0.2, -0.15) is 5.26 Å². The largest absolute Gasteiger partial charge is 0.488 e. The van der Waals surface area contributed by atoms with Gasteiger partial charge in [0.05, 0.1) is 3.57 Å².